The number of benzene rings is 2. The van der Waals surface area contributed by atoms with Crippen LogP contribution in [0, 0.1) is 0 Å². The number of nitrogens with one attached hydrogen (secondary N) is 1. The standard InChI is InChI=1S/C15H10F3NO2/c16-15(17,18)21-10-7-5-9(6-8-10)13-11-3-1-2-4-12(11)14(20)19-13/h1-8,13H,(H,19,20). The Morgan fingerprint density at radius 1 is 1.00 bits per heavy atom. The number of amides is 1. The molecule has 0 spiro atoms. The number of ether oxygens (including phenoxy) is 1. The van der Waals surface area contributed by atoms with E-state index in [9.17, 15) is 18.0 Å². The van der Waals surface area contributed by atoms with Gasteiger partial charge < -0.3 is 10.1 Å². The molecule has 0 fully saturated rings. The van der Waals surface area contributed by atoms with Gasteiger partial charge in [-0.3, -0.25) is 4.79 Å². The fraction of sp³-hybridized carbons (Fsp3) is 0.133. The Morgan fingerprint density at radius 2 is 1.67 bits per heavy atom. The first-order chi connectivity index (χ1) is 9.94. The van der Waals surface area contributed by atoms with Crippen LogP contribution < -0.4 is 10.1 Å². The molecule has 3 nitrogen and oxygen atoms in total. The van der Waals surface area contributed by atoms with Gasteiger partial charge in [0.25, 0.3) is 5.91 Å². The van der Waals surface area contributed by atoms with Crippen molar-refractivity contribution in [1.29, 1.82) is 0 Å². The number of carbonyl (C=O) groups is 1. The fourth-order valence-electron chi connectivity index (χ4n) is 2.37. The van der Waals surface area contributed by atoms with Crippen LogP contribution in [0.15, 0.2) is 48.5 Å². The molecule has 0 aliphatic carbocycles. The highest BCUT2D eigenvalue weighted by Gasteiger charge is 2.32. The van der Waals surface area contributed by atoms with Crippen LogP contribution in [0.4, 0.5) is 13.2 Å². The van der Waals surface area contributed by atoms with Gasteiger partial charge in [-0.15, -0.1) is 13.2 Å². The van der Waals surface area contributed by atoms with Crippen molar-refractivity contribution in [3.8, 4) is 5.75 Å². The van der Waals surface area contributed by atoms with E-state index in [1.54, 1.807) is 12.1 Å². The number of halogens is 3. The van der Waals surface area contributed by atoms with Crippen LogP contribution in [0.1, 0.15) is 27.5 Å². The lowest BCUT2D eigenvalue weighted by Crippen LogP contribution is -2.20. The number of hydrogen-bond donors (Lipinski definition) is 1. The molecule has 1 aliphatic heterocycles. The fourth-order valence-corrected chi connectivity index (χ4v) is 2.37. The highest BCUT2D eigenvalue weighted by molar-refractivity contribution is 5.99. The highest BCUT2D eigenvalue weighted by Crippen LogP contribution is 2.32. The summed E-state index contributed by atoms with van der Waals surface area (Å²) in [4.78, 5) is 11.8. The highest BCUT2D eigenvalue weighted by atomic mass is 19.4. The van der Waals surface area contributed by atoms with Gasteiger partial charge in [0.1, 0.15) is 5.75 Å². The summed E-state index contributed by atoms with van der Waals surface area (Å²) in [7, 11) is 0. The molecular formula is C15H10F3NO2. The van der Waals surface area contributed by atoms with Crippen molar-refractivity contribution in [3.63, 3.8) is 0 Å². The summed E-state index contributed by atoms with van der Waals surface area (Å²) in [6.45, 7) is 0. The van der Waals surface area contributed by atoms with E-state index < -0.39 is 6.36 Å². The SMILES string of the molecule is O=C1NC(c2ccc(OC(F)(F)F)cc2)c2ccccc21. The first-order valence-electron chi connectivity index (χ1n) is 6.19. The molecule has 1 heterocycles. The van der Waals surface area contributed by atoms with Crippen LogP contribution in [0.25, 0.3) is 0 Å². The van der Waals surface area contributed by atoms with Gasteiger partial charge in [0.2, 0.25) is 0 Å². The third-order valence-corrected chi connectivity index (χ3v) is 3.24. The molecule has 0 saturated carbocycles. The van der Waals surface area contributed by atoms with E-state index in [1.165, 1.54) is 24.3 Å². The first kappa shape index (κ1) is 13.5. The summed E-state index contributed by atoms with van der Waals surface area (Å²) in [6.07, 6.45) is -4.71. The van der Waals surface area contributed by atoms with Gasteiger partial charge >= 0.3 is 6.36 Å². The quantitative estimate of drug-likeness (QED) is 0.921. The second-order valence-corrected chi connectivity index (χ2v) is 4.61. The number of fused-ring (bicyclic) bond motifs is 1. The van der Waals surface area contributed by atoms with E-state index in [0.29, 0.717) is 11.1 Å². The molecule has 108 valence electrons. The molecule has 1 aliphatic rings. The monoisotopic (exact) mass is 293 g/mol. The minimum Gasteiger partial charge on any atom is -0.406 e. The Bertz CT molecular complexity index is 680. The van der Waals surface area contributed by atoms with Gasteiger partial charge in [0.15, 0.2) is 0 Å². The van der Waals surface area contributed by atoms with Crippen molar-refractivity contribution in [3.05, 3.63) is 65.2 Å². The maximum absolute atomic E-state index is 12.1. The maximum atomic E-state index is 12.1. The summed E-state index contributed by atoms with van der Waals surface area (Å²) in [5.74, 6) is -0.477. The summed E-state index contributed by atoms with van der Waals surface area (Å²) in [5, 5.41) is 2.80. The number of hydrogen-bond acceptors (Lipinski definition) is 2. The molecule has 1 atom stereocenters. The van der Waals surface area contributed by atoms with Crippen LogP contribution in [-0.4, -0.2) is 12.3 Å². The molecule has 2 aromatic carbocycles. The zero-order valence-electron chi connectivity index (χ0n) is 10.6. The Balaban J connectivity index is 1.88. The van der Waals surface area contributed by atoms with Crippen LogP contribution in [0.2, 0.25) is 0 Å². The van der Waals surface area contributed by atoms with Crippen LogP contribution in [-0.2, 0) is 0 Å². The smallest absolute Gasteiger partial charge is 0.406 e. The maximum Gasteiger partial charge on any atom is 0.573 e. The first-order valence-corrected chi connectivity index (χ1v) is 6.19. The number of alkyl halides is 3. The molecule has 0 bridgehead atoms. The third kappa shape index (κ3) is 2.69. The molecule has 0 radical (unpaired) electrons. The van der Waals surface area contributed by atoms with Crippen molar-refractivity contribution in [2.75, 3.05) is 0 Å². The predicted octanol–water partition coefficient (Wildman–Crippen LogP) is 3.42. The minimum absolute atomic E-state index is 0.189. The summed E-state index contributed by atoms with van der Waals surface area (Å²) in [5.41, 5.74) is 2.09. The Labute approximate surface area is 118 Å². The summed E-state index contributed by atoms with van der Waals surface area (Å²) < 4.78 is 40.2. The average molecular weight is 293 g/mol. The van der Waals surface area contributed by atoms with Crippen molar-refractivity contribution < 1.29 is 22.7 Å². The van der Waals surface area contributed by atoms with E-state index >= 15 is 0 Å². The molecule has 2 aromatic rings. The lowest BCUT2D eigenvalue weighted by atomic mass is 9.98. The van der Waals surface area contributed by atoms with Crippen molar-refractivity contribution >= 4 is 5.91 Å². The van der Waals surface area contributed by atoms with Gasteiger partial charge in [-0.1, -0.05) is 30.3 Å². The molecule has 3 rings (SSSR count). The molecule has 1 N–H and O–H groups in total. The molecule has 21 heavy (non-hydrogen) atoms. The van der Waals surface area contributed by atoms with Crippen LogP contribution >= 0.6 is 0 Å². The van der Waals surface area contributed by atoms with E-state index in [1.807, 2.05) is 12.1 Å². The van der Waals surface area contributed by atoms with E-state index in [0.717, 1.165) is 5.56 Å². The van der Waals surface area contributed by atoms with E-state index in [4.69, 9.17) is 0 Å². The van der Waals surface area contributed by atoms with E-state index in [2.05, 4.69) is 10.1 Å². The Hall–Kier alpha value is -2.50. The van der Waals surface area contributed by atoms with Gasteiger partial charge in [-0.25, -0.2) is 0 Å². The Morgan fingerprint density at radius 3 is 2.33 bits per heavy atom. The van der Waals surface area contributed by atoms with Crippen LogP contribution in [0.5, 0.6) is 5.75 Å². The van der Waals surface area contributed by atoms with Crippen molar-refractivity contribution in [2.45, 2.75) is 12.4 Å². The zero-order chi connectivity index (χ0) is 15.0. The minimum atomic E-state index is -4.71. The predicted molar refractivity (Wildman–Crippen MR) is 68.9 cm³/mol. The van der Waals surface area contributed by atoms with Gasteiger partial charge in [-0.05, 0) is 29.3 Å². The molecule has 0 saturated heterocycles. The van der Waals surface area contributed by atoms with Gasteiger partial charge in [0.05, 0.1) is 6.04 Å². The average Bonchev–Trinajstić information content (AvgIpc) is 2.76. The lowest BCUT2D eigenvalue weighted by molar-refractivity contribution is -0.274. The van der Waals surface area contributed by atoms with Crippen molar-refractivity contribution in [2.24, 2.45) is 0 Å². The van der Waals surface area contributed by atoms with Gasteiger partial charge in [0, 0.05) is 5.56 Å². The normalized spacial score (nSPS) is 17.3. The van der Waals surface area contributed by atoms with Crippen LogP contribution in [0.3, 0.4) is 0 Å². The van der Waals surface area contributed by atoms with Gasteiger partial charge in [-0.2, -0.15) is 0 Å². The molecule has 1 amide bonds. The topological polar surface area (TPSA) is 38.3 Å². The van der Waals surface area contributed by atoms with E-state index in [-0.39, 0.29) is 17.7 Å². The molecule has 1 unspecified atom stereocenters. The molecular weight excluding hydrogens is 283 g/mol. The molecule has 6 heteroatoms. The summed E-state index contributed by atoms with van der Waals surface area (Å²) >= 11 is 0. The Kier molecular flexibility index (Phi) is 3.08. The number of carbonyl (C=O) groups excluding carboxylic acids is 1. The zero-order valence-corrected chi connectivity index (χ0v) is 10.6. The summed E-state index contributed by atoms with van der Waals surface area (Å²) in [6, 6.07) is 12.2. The largest absolute Gasteiger partial charge is 0.573 e. The third-order valence-electron chi connectivity index (χ3n) is 3.24. The van der Waals surface area contributed by atoms with Crippen molar-refractivity contribution in [1.82, 2.24) is 5.32 Å². The second-order valence-electron chi connectivity index (χ2n) is 4.61. The second kappa shape index (κ2) is 4.80. The number of rotatable bonds is 2. The lowest BCUT2D eigenvalue weighted by Gasteiger charge is -2.14. The molecule has 0 aromatic heterocycles.